The zero-order chi connectivity index (χ0) is 20.8. The number of nitrogens with zero attached hydrogens (tertiary/aromatic N) is 2. The summed E-state index contributed by atoms with van der Waals surface area (Å²) in [5, 5.41) is 6.11. The lowest BCUT2D eigenvalue weighted by molar-refractivity contribution is -0.121. The van der Waals surface area contributed by atoms with Gasteiger partial charge in [-0.1, -0.05) is 47.5 Å². The first-order valence-electron chi connectivity index (χ1n) is 8.65. The number of rotatable bonds is 3. The fourth-order valence-corrected chi connectivity index (χ4v) is 4.88. The summed E-state index contributed by atoms with van der Waals surface area (Å²) in [6.45, 7) is 1.87. The summed E-state index contributed by atoms with van der Waals surface area (Å²) in [5.41, 5.74) is 1.49. The highest BCUT2D eigenvalue weighted by Crippen LogP contribution is 2.37. The van der Waals surface area contributed by atoms with Crippen LogP contribution in [-0.4, -0.2) is 31.4 Å². The molecule has 0 radical (unpaired) electrons. The molecule has 7 nitrogen and oxygen atoms in total. The minimum Gasteiger partial charge on any atom is -0.331 e. The zero-order valence-corrected chi connectivity index (χ0v) is 18.3. The summed E-state index contributed by atoms with van der Waals surface area (Å²) in [6, 6.07) is 12.5. The number of guanidine groups is 1. The van der Waals surface area contributed by atoms with Gasteiger partial charge >= 0.3 is 0 Å². The maximum absolute atomic E-state index is 12.9. The number of nitrogens with one attached hydrogen (secondary N) is 2. The quantitative estimate of drug-likeness (QED) is 0.683. The second kappa shape index (κ2) is 7.47. The van der Waals surface area contributed by atoms with Gasteiger partial charge in [-0.15, -0.1) is 4.40 Å². The number of fused-ring (bicyclic) bond motifs is 1. The largest absolute Gasteiger partial charge is 0.331 e. The average Bonchev–Trinajstić information content (AvgIpc) is 3.03. The van der Waals surface area contributed by atoms with Gasteiger partial charge in [0.15, 0.2) is 0 Å². The van der Waals surface area contributed by atoms with Crippen LogP contribution in [-0.2, 0) is 14.8 Å². The van der Waals surface area contributed by atoms with Crippen molar-refractivity contribution in [3.63, 3.8) is 0 Å². The Morgan fingerprint density at radius 1 is 1.14 bits per heavy atom. The predicted molar refractivity (Wildman–Crippen MR) is 114 cm³/mol. The van der Waals surface area contributed by atoms with Crippen LogP contribution in [0.4, 0.5) is 0 Å². The highest BCUT2D eigenvalue weighted by Gasteiger charge is 2.46. The summed E-state index contributed by atoms with van der Waals surface area (Å²) in [7, 11) is -4.00. The number of halogens is 2. The van der Waals surface area contributed by atoms with Crippen LogP contribution in [0.1, 0.15) is 17.2 Å². The number of amides is 1. The Hall–Kier alpha value is -2.36. The van der Waals surface area contributed by atoms with E-state index in [1.165, 1.54) is 12.1 Å². The molecule has 29 heavy (non-hydrogen) atoms. The van der Waals surface area contributed by atoms with Gasteiger partial charge in [-0.25, -0.2) is 0 Å². The van der Waals surface area contributed by atoms with Crippen molar-refractivity contribution in [2.75, 3.05) is 0 Å². The highest BCUT2D eigenvalue weighted by atomic mass is 79.9. The minimum absolute atomic E-state index is 0.0297. The molecule has 0 bridgehead atoms. The lowest BCUT2D eigenvalue weighted by atomic mass is 10.1. The third-order valence-corrected chi connectivity index (χ3v) is 6.94. The van der Waals surface area contributed by atoms with Gasteiger partial charge in [0.2, 0.25) is 11.9 Å². The molecule has 2 aromatic rings. The highest BCUT2D eigenvalue weighted by molar-refractivity contribution is 9.11. The topological polar surface area (TPSA) is 90.9 Å². The molecular formula is C19H16BrClN4O3S. The number of carbonyl (C=O) groups excluding carboxylic acids is 1. The number of hydrogen-bond donors (Lipinski definition) is 2. The minimum atomic E-state index is -4.00. The molecule has 150 valence electrons. The SMILES string of the molecule is Cc1ccc(S(=O)(=O)/N=C2\NC=C(Br)C3NC(=O)C(c4ccccc4Cl)N23)cc1. The van der Waals surface area contributed by atoms with E-state index >= 15 is 0 Å². The molecule has 2 aliphatic rings. The Morgan fingerprint density at radius 2 is 1.83 bits per heavy atom. The van der Waals surface area contributed by atoms with E-state index in [0.29, 0.717) is 15.1 Å². The van der Waals surface area contributed by atoms with Gasteiger partial charge in [-0.05, 0) is 41.1 Å². The second-order valence-electron chi connectivity index (χ2n) is 6.62. The first-order chi connectivity index (χ1) is 13.8. The van der Waals surface area contributed by atoms with Crippen LogP contribution in [0.2, 0.25) is 5.02 Å². The van der Waals surface area contributed by atoms with Crippen molar-refractivity contribution in [3.8, 4) is 0 Å². The normalized spacial score (nSPS) is 22.7. The zero-order valence-electron chi connectivity index (χ0n) is 15.1. The predicted octanol–water partition coefficient (Wildman–Crippen LogP) is 3.03. The lowest BCUT2D eigenvalue weighted by Gasteiger charge is -2.33. The molecular weight excluding hydrogens is 480 g/mol. The monoisotopic (exact) mass is 494 g/mol. The summed E-state index contributed by atoms with van der Waals surface area (Å²) >= 11 is 9.72. The van der Waals surface area contributed by atoms with Gasteiger partial charge in [0.05, 0.1) is 9.38 Å². The van der Waals surface area contributed by atoms with Gasteiger partial charge in [0, 0.05) is 16.8 Å². The molecule has 2 unspecified atom stereocenters. The third-order valence-electron chi connectivity index (χ3n) is 4.65. The van der Waals surface area contributed by atoms with Gasteiger partial charge in [-0.3, -0.25) is 4.79 Å². The number of aryl methyl sites for hydroxylation is 1. The van der Waals surface area contributed by atoms with Crippen molar-refractivity contribution in [2.45, 2.75) is 24.0 Å². The molecule has 0 aliphatic carbocycles. The molecule has 2 N–H and O–H groups in total. The maximum atomic E-state index is 12.9. The van der Waals surface area contributed by atoms with Crippen LogP contribution in [0.5, 0.6) is 0 Å². The molecule has 0 aromatic heterocycles. The first kappa shape index (κ1) is 19.9. The van der Waals surface area contributed by atoms with Gasteiger partial charge in [-0.2, -0.15) is 8.42 Å². The first-order valence-corrected chi connectivity index (χ1v) is 11.3. The Balaban J connectivity index is 1.81. The van der Waals surface area contributed by atoms with Gasteiger partial charge in [0.1, 0.15) is 12.2 Å². The molecule has 10 heteroatoms. The van der Waals surface area contributed by atoms with E-state index in [1.807, 2.05) is 6.92 Å². The number of sulfonamides is 1. The summed E-state index contributed by atoms with van der Waals surface area (Å²) in [5.74, 6) is -0.278. The van der Waals surface area contributed by atoms with Crippen LogP contribution in [0.25, 0.3) is 0 Å². The molecule has 2 aromatic carbocycles. The second-order valence-corrected chi connectivity index (χ2v) is 9.55. The Bertz CT molecular complexity index is 1150. The smallest absolute Gasteiger partial charge is 0.285 e. The van der Waals surface area contributed by atoms with E-state index in [9.17, 15) is 13.2 Å². The summed E-state index contributed by atoms with van der Waals surface area (Å²) in [4.78, 5) is 14.4. The van der Waals surface area contributed by atoms with E-state index in [0.717, 1.165) is 5.56 Å². The van der Waals surface area contributed by atoms with Crippen LogP contribution >= 0.6 is 27.5 Å². The maximum Gasteiger partial charge on any atom is 0.285 e. The standard InChI is InChI=1S/C19H16BrClN4O3S/c1-11-6-8-12(9-7-11)29(27,28)24-19-22-10-14(20)17-23-18(26)16(25(17)19)13-4-2-3-5-15(13)21/h2-10,16-17H,1H3,(H,22,24)(H,23,26). The molecule has 2 heterocycles. The van der Waals surface area contributed by atoms with Gasteiger partial charge < -0.3 is 15.5 Å². The van der Waals surface area contributed by atoms with E-state index < -0.39 is 22.2 Å². The lowest BCUT2D eigenvalue weighted by Crippen LogP contribution is -2.50. The molecule has 0 saturated carbocycles. The fraction of sp³-hybridized carbons (Fsp3) is 0.158. The Morgan fingerprint density at radius 3 is 2.52 bits per heavy atom. The molecule has 4 rings (SSSR count). The number of benzene rings is 2. The van der Waals surface area contributed by atoms with E-state index in [1.54, 1.807) is 47.5 Å². The van der Waals surface area contributed by atoms with Crippen molar-refractivity contribution >= 4 is 49.4 Å². The summed E-state index contributed by atoms with van der Waals surface area (Å²) < 4.78 is 30.3. The van der Waals surface area contributed by atoms with Crippen molar-refractivity contribution in [2.24, 2.45) is 4.40 Å². The average molecular weight is 496 g/mol. The third kappa shape index (κ3) is 3.65. The number of hydrogen-bond acceptors (Lipinski definition) is 3. The number of carbonyl (C=O) groups is 1. The molecule has 0 spiro atoms. The van der Waals surface area contributed by atoms with Crippen LogP contribution < -0.4 is 10.6 Å². The van der Waals surface area contributed by atoms with E-state index in [2.05, 4.69) is 31.0 Å². The molecule has 2 aliphatic heterocycles. The van der Waals surface area contributed by atoms with Crippen molar-refractivity contribution in [3.05, 3.63) is 75.4 Å². The van der Waals surface area contributed by atoms with E-state index in [-0.39, 0.29) is 16.8 Å². The van der Waals surface area contributed by atoms with Crippen molar-refractivity contribution < 1.29 is 13.2 Å². The Labute approximate surface area is 181 Å². The molecule has 1 amide bonds. The van der Waals surface area contributed by atoms with Crippen LogP contribution in [0.3, 0.4) is 0 Å². The Kier molecular flexibility index (Phi) is 5.14. The molecule has 1 saturated heterocycles. The molecule has 2 atom stereocenters. The van der Waals surface area contributed by atoms with Crippen LogP contribution in [0, 0.1) is 6.92 Å². The van der Waals surface area contributed by atoms with E-state index in [4.69, 9.17) is 11.6 Å². The van der Waals surface area contributed by atoms with Crippen molar-refractivity contribution in [1.82, 2.24) is 15.5 Å². The summed E-state index contributed by atoms with van der Waals surface area (Å²) in [6.07, 6.45) is 0.955. The molecule has 1 fully saturated rings. The van der Waals surface area contributed by atoms with Crippen molar-refractivity contribution in [1.29, 1.82) is 0 Å². The fourth-order valence-electron chi connectivity index (χ4n) is 3.23. The van der Waals surface area contributed by atoms with Gasteiger partial charge in [0.25, 0.3) is 10.0 Å². The van der Waals surface area contributed by atoms with Crippen LogP contribution in [0.15, 0.2) is 68.5 Å².